The van der Waals surface area contributed by atoms with Crippen LogP contribution in [0.1, 0.15) is 25.7 Å². The lowest BCUT2D eigenvalue weighted by atomic mass is 10.1. The molecule has 1 fully saturated rings. The van der Waals surface area contributed by atoms with Crippen LogP contribution in [-0.2, 0) is 4.79 Å². The number of hydrogen-bond acceptors (Lipinski definition) is 2. The third kappa shape index (κ3) is 4.00. The second kappa shape index (κ2) is 5.52. The van der Waals surface area contributed by atoms with Crippen LogP contribution < -0.4 is 5.32 Å². The van der Waals surface area contributed by atoms with E-state index < -0.39 is 24.6 Å². The zero-order chi connectivity index (χ0) is 12.2. The molecule has 16 heavy (non-hydrogen) atoms. The van der Waals surface area contributed by atoms with Gasteiger partial charge in [-0.3, -0.25) is 4.79 Å². The Morgan fingerprint density at radius 1 is 1.38 bits per heavy atom. The van der Waals surface area contributed by atoms with Gasteiger partial charge in [0.25, 0.3) is 0 Å². The van der Waals surface area contributed by atoms with Crippen LogP contribution in [0.2, 0.25) is 0 Å². The number of carboxylic acids is 1. The van der Waals surface area contributed by atoms with Gasteiger partial charge in [-0.25, -0.2) is 0 Å². The highest BCUT2D eigenvalue weighted by Gasteiger charge is 2.44. The van der Waals surface area contributed by atoms with Crippen molar-refractivity contribution < 1.29 is 23.1 Å². The van der Waals surface area contributed by atoms with Crippen molar-refractivity contribution in [3.8, 4) is 0 Å². The molecule has 3 nitrogen and oxygen atoms in total. The smallest absolute Gasteiger partial charge is 0.403 e. The largest absolute Gasteiger partial charge is 0.481 e. The van der Waals surface area contributed by atoms with E-state index in [1.165, 1.54) is 0 Å². The predicted molar refractivity (Wildman–Crippen MR) is 52.0 cm³/mol. The Hall–Kier alpha value is -0.780. The van der Waals surface area contributed by atoms with Crippen molar-refractivity contribution in [2.45, 2.75) is 31.9 Å². The molecular formula is C10H16F3NO2. The number of rotatable bonds is 5. The molecular weight excluding hydrogens is 223 g/mol. The third-order valence-corrected chi connectivity index (χ3v) is 2.95. The van der Waals surface area contributed by atoms with E-state index in [1.54, 1.807) is 0 Å². The van der Waals surface area contributed by atoms with Crippen LogP contribution in [0.3, 0.4) is 0 Å². The Morgan fingerprint density at radius 3 is 2.38 bits per heavy atom. The van der Waals surface area contributed by atoms with Crippen molar-refractivity contribution >= 4 is 5.97 Å². The molecule has 1 rings (SSSR count). The van der Waals surface area contributed by atoms with Crippen molar-refractivity contribution in [3.05, 3.63) is 0 Å². The third-order valence-electron chi connectivity index (χ3n) is 2.95. The Bertz CT molecular complexity index is 237. The molecule has 0 amide bonds. The van der Waals surface area contributed by atoms with E-state index in [2.05, 4.69) is 5.32 Å². The highest BCUT2D eigenvalue weighted by molar-refractivity contribution is 5.71. The molecule has 1 aliphatic rings. The lowest BCUT2D eigenvalue weighted by Crippen LogP contribution is -2.40. The van der Waals surface area contributed by atoms with E-state index in [-0.39, 0.29) is 0 Å². The van der Waals surface area contributed by atoms with Crippen LogP contribution >= 0.6 is 0 Å². The monoisotopic (exact) mass is 239 g/mol. The maximum absolute atomic E-state index is 12.3. The van der Waals surface area contributed by atoms with Gasteiger partial charge in [-0.15, -0.1) is 0 Å². The molecule has 0 aromatic carbocycles. The van der Waals surface area contributed by atoms with Gasteiger partial charge in [0, 0.05) is 6.54 Å². The maximum atomic E-state index is 12.3. The molecule has 0 aromatic heterocycles. The minimum Gasteiger partial charge on any atom is -0.481 e. The van der Waals surface area contributed by atoms with Crippen molar-refractivity contribution in [3.63, 3.8) is 0 Å². The standard InChI is InChI=1S/C10H16F3NO2/c11-10(12,13)8(9(15)16)6-14-5-7-3-1-2-4-7/h7-8,14H,1-6H2,(H,15,16). The van der Waals surface area contributed by atoms with Crippen LogP contribution in [0.15, 0.2) is 0 Å². The molecule has 0 aliphatic heterocycles. The van der Waals surface area contributed by atoms with Gasteiger partial charge < -0.3 is 10.4 Å². The van der Waals surface area contributed by atoms with Gasteiger partial charge >= 0.3 is 12.1 Å². The SMILES string of the molecule is O=C(O)C(CNCC1CCCC1)C(F)(F)F. The molecule has 0 aromatic rings. The Kier molecular flexibility index (Phi) is 4.58. The van der Waals surface area contributed by atoms with E-state index >= 15 is 0 Å². The number of nitrogens with one attached hydrogen (secondary N) is 1. The molecule has 0 heterocycles. The summed E-state index contributed by atoms with van der Waals surface area (Å²) in [5, 5.41) is 11.1. The Morgan fingerprint density at radius 2 is 1.94 bits per heavy atom. The molecule has 94 valence electrons. The Labute approximate surface area is 92.0 Å². The van der Waals surface area contributed by atoms with E-state index in [4.69, 9.17) is 5.11 Å². The second-order valence-corrected chi connectivity index (χ2v) is 4.24. The first-order valence-corrected chi connectivity index (χ1v) is 5.41. The van der Waals surface area contributed by atoms with E-state index in [1.807, 2.05) is 0 Å². The predicted octanol–water partition coefficient (Wildman–Crippen LogP) is 2.03. The van der Waals surface area contributed by atoms with Crippen LogP contribution in [0, 0.1) is 11.8 Å². The zero-order valence-corrected chi connectivity index (χ0v) is 8.89. The number of carboxylic acid groups (broad SMARTS) is 1. The fraction of sp³-hybridized carbons (Fsp3) is 0.900. The van der Waals surface area contributed by atoms with Crippen LogP contribution in [-0.4, -0.2) is 30.3 Å². The summed E-state index contributed by atoms with van der Waals surface area (Å²) in [6, 6.07) is 0. The number of carbonyl (C=O) groups is 1. The van der Waals surface area contributed by atoms with Crippen LogP contribution in [0.25, 0.3) is 0 Å². The fourth-order valence-electron chi connectivity index (χ4n) is 1.99. The summed E-state index contributed by atoms with van der Waals surface area (Å²) in [5.74, 6) is -3.71. The quantitative estimate of drug-likeness (QED) is 0.771. The lowest BCUT2D eigenvalue weighted by Gasteiger charge is -2.18. The Balaban J connectivity index is 2.30. The fourth-order valence-corrected chi connectivity index (χ4v) is 1.99. The molecule has 1 saturated carbocycles. The molecule has 1 aliphatic carbocycles. The second-order valence-electron chi connectivity index (χ2n) is 4.24. The molecule has 6 heteroatoms. The maximum Gasteiger partial charge on any atom is 0.403 e. The average molecular weight is 239 g/mol. The summed E-state index contributed by atoms with van der Waals surface area (Å²) in [6.45, 7) is -0.0464. The van der Waals surface area contributed by atoms with Crippen molar-refractivity contribution in [2.75, 3.05) is 13.1 Å². The molecule has 1 atom stereocenters. The topological polar surface area (TPSA) is 49.3 Å². The van der Waals surface area contributed by atoms with Crippen molar-refractivity contribution in [1.29, 1.82) is 0 Å². The van der Waals surface area contributed by atoms with E-state index in [9.17, 15) is 18.0 Å². The van der Waals surface area contributed by atoms with Gasteiger partial charge in [-0.2, -0.15) is 13.2 Å². The normalized spacial score (nSPS) is 19.9. The van der Waals surface area contributed by atoms with Crippen molar-refractivity contribution in [2.24, 2.45) is 11.8 Å². The summed E-state index contributed by atoms with van der Waals surface area (Å²) in [6.07, 6.45) is -0.385. The highest BCUT2D eigenvalue weighted by atomic mass is 19.4. The van der Waals surface area contributed by atoms with Gasteiger partial charge in [0.15, 0.2) is 5.92 Å². The lowest BCUT2D eigenvalue weighted by molar-refractivity contribution is -0.192. The summed E-state index contributed by atoms with van der Waals surface area (Å²) < 4.78 is 36.8. The van der Waals surface area contributed by atoms with E-state index in [0.29, 0.717) is 12.5 Å². The first kappa shape index (κ1) is 13.3. The van der Waals surface area contributed by atoms with Gasteiger partial charge in [0.1, 0.15) is 0 Å². The molecule has 0 radical (unpaired) electrons. The molecule has 1 unspecified atom stereocenters. The van der Waals surface area contributed by atoms with Crippen LogP contribution in [0.5, 0.6) is 0 Å². The van der Waals surface area contributed by atoms with Gasteiger partial charge in [0.05, 0.1) is 0 Å². The summed E-state index contributed by atoms with van der Waals surface area (Å²) in [7, 11) is 0. The number of hydrogen-bond donors (Lipinski definition) is 2. The summed E-state index contributed by atoms with van der Waals surface area (Å²) in [4.78, 5) is 10.4. The number of alkyl halides is 3. The van der Waals surface area contributed by atoms with Crippen LogP contribution in [0.4, 0.5) is 13.2 Å². The summed E-state index contributed by atoms with van der Waals surface area (Å²) in [5.41, 5.74) is 0. The highest BCUT2D eigenvalue weighted by Crippen LogP contribution is 2.27. The minimum atomic E-state index is -4.67. The number of halogens is 3. The summed E-state index contributed by atoms with van der Waals surface area (Å²) >= 11 is 0. The van der Waals surface area contributed by atoms with Gasteiger partial charge in [-0.05, 0) is 25.3 Å². The van der Waals surface area contributed by atoms with E-state index in [0.717, 1.165) is 25.7 Å². The first-order chi connectivity index (χ1) is 7.41. The molecule has 0 saturated heterocycles. The first-order valence-electron chi connectivity index (χ1n) is 5.41. The van der Waals surface area contributed by atoms with Gasteiger partial charge in [0.2, 0.25) is 0 Å². The number of aliphatic carboxylic acids is 1. The molecule has 0 spiro atoms. The minimum absolute atomic E-state index is 0.405. The molecule has 2 N–H and O–H groups in total. The zero-order valence-electron chi connectivity index (χ0n) is 8.89. The average Bonchev–Trinajstić information content (AvgIpc) is 2.61. The van der Waals surface area contributed by atoms with Gasteiger partial charge in [-0.1, -0.05) is 12.8 Å². The van der Waals surface area contributed by atoms with Crippen molar-refractivity contribution in [1.82, 2.24) is 5.32 Å². The molecule has 0 bridgehead atoms.